The van der Waals surface area contributed by atoms with Crippen molar-refractivity contribution in [2.45, 2.75) is 26.8 Å². The van der Waals surface area contributed by atoms with Gasteiger partial charge in [-0.3, -0.25) is 9.59 Å². The van der Waals surface area contributed by atoms with Gasteiger partial charge in [0, 0.05) is 17.1 Å². The Morgan fingerprint density at radius 3 is 2.42 bits per heavy atom. The molecule has 2 aromatic rings. The number of hydrogen-bond acceptors (Lipinski definition) is 2. The molecule has 126 valence electrons. The number of amides is 1. The predicted molar refractivity (Wildman–Crippen MR) is 94.2 cm³/mol. The number of aliphatic carboxylic acids is 1. The highest BCUT2D eigenvalue weighted by Gasteiger charge is 2.29. The van der Waals surface area contributed by atoms with E-state index in [1.54, 1.807) is 32.0 Å². The van der Waals surface area contributed by atoms with E-state index in [9.17, 15) is 14.7 Å². The van der Waals surface area contributed by atoms with E-state index < -0.39 is 11.4 Å². The lowest BCUT2D eigenvalue weighted by Gasteiger charge is -2.21. The quantitative estimate of drug-likeness (QED) is 0.833. The van der Waals surface area contributed by atoms with Crippen LogP contribution >= 0.6 is 11.6 Å². The van der Waals surface area contributed by atoms with Crippen molar-refractivity contribution >= 4 is 23.5 Å². The predicted octanol–water partition coefficient (Wildman–Crippen LogP) is 3.92. The first kappa shape index (κ1) is 18.0. The first-order valence-corrected chi connectivity index (χ1v) is 8.01. The van der Waals surface area contributed by atoms with Crippen LogP contribution in [0.2, 0.25) is 5.02 Å². The average Bonchev–Trinajstić information content (AvgIpc) is 2.55. The van der Waals surface area contributed by atoms with Gasteiger partial charge >= 0.3 is 5.97 Å². The molecule has 0 saturated heterocycles. The zero-order valence-corrected chi connectivity index (χ0v) is 14.4. The zero-order chi connectivity index (χ0) is 17.7. The van der Waals surface area contributed by atoms with Crippen LogP contribution in [-0.2, 0) is 17.8 Å². The van der Waals surface area contributed by atoms with Gasteiger partial charge in [-0.15, -0.1) is 0 Å². The molecule has 0 spiro atoms. The maximum Gasteiger partial charge on any atom is 0.309 e. The second-order valence-corrected chi connectivity index (χ2v) is 6.77. The molecule has 2 N–H and O–H groups in total. The number of rotatable bonds is 6. The molecule has 0 bridgehead atoms. The highest BCUT2D eigenvalue weighted by atomic mass is 35.5. The van der Waals surface area contributed by atoms with Crippen molar-refractivity contribution < 1.29 is 14.7 Å². The van der Waals surface area contributed by atoms with Gasteiger partial charge < -0.3 is 10.4 Å². The molecule has 2 rings (SSSR count). The first-order chi connectivity index (χ1) is 11.3. The molecule has 1 amide bonds. The molecule has 0 aliphatic rings. The molecule has 0 unspecified atom stereocenters. The average molecular weight is 346 g/mol. The first-order valence-electron chi connectivity index (χ1n) is 7.63. The maximum absolute atomic E-state index is 12.5. The molecule has 0 atom stereocenters. The third kappa shape index (κ3) is 4.59. The molecule has 24 heavy (non-hydrogen) atoms. The van der Waals surface area contributed by atoms with Crippen molar-refractivity contribution in [2.24, 2.45) is 5.41 Å². The molecule has 0 aliphatic carbocycles. The van der Waals surface area contributed by atoms with E-state index in [2.05, 4.69) is 5.32 Å². The molecule has 4 nitrogen and oxygen atoms in total. The van der Waals surface area contributed by atoms with E-state index in [-0.39, 0.29) is 12.3 Å². The molecule has 5 heteroatoms. The Morgan fingerprint density at radius 2 is 1.79 bits per heavy atom. The second kappa shape index (κ2) is 7.49. The lowest BCUT2D eigenvalue weighted by molar-refractivity contribution is -0.146. The zero-order valence-electron chi connectivity index (χ0n) is 13.7. The maximum atomic E-state index is 12.5. The van der Waals surface area contributed by atoms with Crippen LogP contribution in [-0.4, -0.2) is 17.0 Å². The van der Waals surface area contributed by atoms with Crippen LogP contribution < -0.4 is 5.32 Å². The van der Waals surface area contributed by atoms with Gasteiger partial charge in [0.15, 0.2) is 0 Å². The lowest BCUT2D eigenvalue weighted by Crippen LogP contribution is -2.29. The Bertz CT molecular complexity index is 742. The molecular weight excluding hydrogens is 326 g/mol. The molecule has 0 saturated carbocycles. The van der Waals surface area contributed by atoms with Gasteiger partial charge in [-0.05, 0) is 43.5 Å². The Morgan fingerprint density at radius 1 is 1.12 bits per heavy atom. The third-order valence-corrected chi connectivity index (χ3v) is 4.06. The molecule has 0 aliphatic heterocycles. The number of hydrogen-bond donors (Lipinski definition) is 2. The van der Waals surface area contributed by atoms with Gasteiger partial charge in [0.25, 0.3) is 5.91 Å². The molecular formula is C19H20ClNO3. The summed E-state index contributed by atoms with van der Waals surface area (Å²) in [4.78, 5) is 23.9. The molecule has 2 aromatic carbocycles. The van der Waals surface area contributed by atoms with Gasteiger partial charge in [-0.1, -0.05) is 48.0 Å². The lowest BCUT2D eigenvalue weighted by atomic mass is 9.84. The van der Waals surface area contributed by atoms with Crippen molar-refractivity contribution in [2.75, 3.05) is 0 Å². The minimum absolute atomic E-state index is 0.244. The van der Waals surface area contributed by atoms with E-state index in [0.29, 0.717) is 22.7 Å². The second-order valence-electron chi connectivity index (χ2n) is 6.34. The van der Waals surface area contributed by atoms with Crippen molar-refractivity contribution in [3.05, 3.63) is 70.2 Å². The number of halogens is 1. The number of carbonyl (C=O) groups excluding carboxylic acids is 1. The molecule has 0 heterocycles. The SMILES string of the molecule is CC(C)(Cc1ccc(Cl)cc1C(=O)NCc1ccccc1)C(=O)O. The summed E-state index contributed by atoms with van der Waals surface area (Å²) < 4.78 is 0. The topological polar surface area (TPSA) is 66.4 Å². The molecule has 0 aromatic heterocycles. The van der Waals surface area contributed by atoms with Crippen molar-refractivity contribution in [3.63, 3.8) is 0 Å². The number of carbonyl (C=O) groups is 2. The Hall–Kier alpha value is -2.33. The van der Waals surface area contributed by atoms with Crippen molar-refractivity contribution in [1.29, 1.82) is 0 Å². The Balaban J connectivity index is 2.20. The minimum atomic E-state index is -0.970. The van der Waals surface area contributed by atoms with E-state index in [1.165, 1.54) is 0 Å². The van der Waals surface area contributed by atoms with Gasteiger partial charge in [0.05, 0.1) is 5.41 Å². The summed E-state index contributed by atoms with van der Waals surface area (Å²) in [6, 6.07) is 14.5. The fourth-order valence-corrected chi connectivity index (χ4v) is 2.51. The van der Waals surface area contributed by atoms with Crippen LogP contribution in [0.1, 0.15) is 35.3 Å². The fourth-order valence-electron chi connectivity index (χ4n) is 2.34. The summed E-state index contributed by atoms with van der Waals surface area (Å²) in [5, 5.41) is 12.6. The van der Waals surface area contributed by atoms with Crippen LogP contribution in [0.5, 0.6) is 0 Å². The summed E-state index contributed by atoms with van der Waals surface area (Å²) >= 11 is 6.02. The summed E-state index contributed by atoms with van der Waals surface area (Å²) in [5.74, 6) is -1.18. The van der Waals surface area contributed by atoms with E-state index >= 15 is 0 Å². The van der Waals surface area contributed by atoms with Gasteiger partial charge in [-0.25, -0.2) is 0 Å². The van der Waals surface area contributed by atoms with Crippen LogP contribution in [0, 0.1) is 5.41 Å². The highest BCUT2D eigenvalue weighted by molar-refractivity contribution is 6.31. The molecule has 0 fully saturated rings. The summed E-state index contributed by atoms with van der Waals surface area (Å²) in [7, 11) is 0. The summed E-state index contributed by atoms with van der Waals surface area (Å²) in [6.07, 6.45) is 0.244. The van der Waals surface area contributed by atoms with Gasteiger partial charge in [0.1, 0.15) is 0 Å². The molecule has 0 radical (unpaired) electrons. The number of nitrogens with one attached hydrogen (secondary N) is 1. The minimum Gasteiger partial charge on any atom is -0.481 e. The standard InChI is InChI=1S/C19H20ClNO3/c1-19(2,18(23)24)11-14-8-9-15(20)10-16(14)17(22)21-12-13-6-4-3-5-7-13/h3-10H,11-12H2,1-2H3,(H,21,22)(H,23,24). The third-order valence-electron chi connectivity index (χ3n) is 3.82. The number of benzene rings is 2. The van der Waals surface area contributed by atoms with Gasteiger partial charge in [0.2, 0.25) is 0 Å². The summed E-state index contributed by atoms with van der Waals surface area (Å²) in [5.41, 5.74) is 1.09. The highest BCUT2D eigenvalue weighted by Crippen LogP contribution is 2.26. The van der Waals surface area contributed by atoms with E-state index in [0.717, 1.165) is 5.56 Å². The van der Waals surface area contributed by atoms with Crippen LogP contribution in [0.4, 0.5) is 0 Å². The largest absolute Gasteiger partial charge is 0.481 e. The van der Waals surface area contributed by atoms with E-state index in [1.807, 2.05) is 30.3 Å². The van der Waals surface area contributed by atoms with Crippen molar-refractivity contribution in [1.82, 2.24) is 5.32 Å². The number of carboxylic acids is 1. The van der Waals surface area contributed by atoms with Gasteiger partial charge in [-0.2, -0.15) is 0 Å². The van der Waals surface area contributed by atoms with Crippen molar-refractivity contribution in [3.8, 4) is 0 Å². The Labute approximate surface area is 146 Å². The number of carboxylic acid groups (broad SMARTS) is 1. The summed E-state index contributed by atoms with van der Waals surface area (Å²) in [6.45, 7) is 3.67. The fraction of sp³-hybridized carbons (Fsp3) is 0.263. The van der Waals surface area contributed by atoms with Crippen LogP contribution in [0.3, 0.4) is 0 Å². The Kier molecular flexibility index (Phi) is 5.62. The van der Waals surface area contributed by atoms with Crippen LogP contribution in [0.15, 0.2) is 48.5 Å². The normalized spacial score (nSPS) is 11.1. The van der Waals surface area contributed by atoms with Crippen LogP contribution in [0.25, 0.3) is 0 Å². The van der Waals surface area contributed by atoms with E-state index in [4.69, 9.17) is 11.6 Å². The smallest absolute Gasteiger partial charge is 0.309 e. The monoisotopic (exact) mass is 345 g/mol.